The molecule has 10 nitrogen and oxygen atoms in total. The summed E-state index contributed by atoms with van der Waals surface area (Å²) >= 11 is 3.31. The third-order valence-electron chi connectivity index (χ3n) is 6.99. The number of pyridine rings is 1. The van der Waals surface area contributed by atoms with Gasteiger partial charge < -0.3 is 19.4 Å². The Hall–Kier alpha value is -2.76. The van der Waals surface area contributed by atoms with Crippen LogP contribution in [0.2, 0.25) is 0 Å². The van der Waals surface area contributed by atoms with Crippen molar-refractivity contribution in [3.05, 3.63) is 46.5 Å². The highest BCUT2D eigenvalue weighted by Gasteiger charge is 2.41. The summed E-state index contributed by atoms with van der Waals surface area (Å²) < 4.78 is 6.85. The quantitative estimate of drug-likeness (QED) is 0.493. The lowest BCUT2D eigenvalue weighted by Gasteiger charge is -2.40. The molecule has 0 saturated carbocycles. The predicted molar refractivity (Wildman–Crippen MR) is 135 cm³/mol. The first-order valence-corrected chi connectivity index (χ1v) is 12.6. The van der Waals surface area contributed by atoms with Gasteiger partial charge in [-0.05, 0) is 48.8 Å². The molecule has 0 atom stereocenters. The van der Waals surface area contributed by atoms with Crippen LogP contribution in [0.4, 0.5) is 5.69 Å². The molecule has 3 aromatic rings. The van der Waals surface area contributed by atoms with Crippen LogP contribution in [-0.2, 0) is 10.3 Å². The molecular formula is C24H29BrN8O2. The van der Waals surface area contributed by atoms with E-state index in [0.29, 0.717) is 31.8 Å². The fourth-order valence-electron chi connectivity index (χ4n) is 4.85. The number of ether oxygens (including phenoxy) is 1. The van der Waals surface area contributed by atoms with Gasteiger partial charge in [0.25, 0.3) is 5.91 Å². The third-order valence-corrected chi connectivity index (χ3v) is 7.40. The normalized spacial score (nSPS) is 18.7. The molecule has 0 N–H and O–H groups in total. The minimum absolute atomic E-state index is 0.180. The van der Waals surface area contributed by atoms with Crippen LogP contribution in [-0.4, -0.2) is 94.1 Å². The monoisotopic (exact) mass is 540 g/mol. The second-order valence-electron chi connectivity index (χ2n) is 9.19. The number of nitrogens with zero attached hydrogens (tertiary/aromatic N) is 8. The number of amides is 1. The summed E-state index contributed by atoms with van der Waals surface area (Å²) in [5.74, 6) is 0.698. The highest BCUT2D eigenvalue weighted by Crippen LogP contribution is 2.38. The largest absolute Gasteiger partial charge is 0.372 e. The van der Waals surface area contributed by atoms with Crippen LogP contribution in [0.5, 0.6) is 0 Å². The molecule has 11 heteroatoms. The first-order valence-electron chi connectivity index (χ1n) is 11.8. The summed E-state index contributed by atoms with van der Waals surface area (Å²) in [6, 6.07) is 2.11. The van der Waals surface area contributed by atoms with Crippen LogP contribution in [0.1, 0.15) is 35.0 Å². The fraction of sp³-hybridized carbons (Fsp3) is 0.500. The number of halogens is 1. The van der Waals surface area contributed by atoms with Crippen molar-refractivity contribution in [1.29, 1.82) is 0 Å². The van der Waals surface area contributed by atoms with Crippen molar-refractivity contribution in [3.8, 4) is 0 Å². The molecule has 2 aliphatic rings. The van der Waals surface area contributed by atoms with Crippen LogP contribution in [0, 0.1) is 6.92 Å². The molecule has 3 aromatic heterocycles. The molecule has 2 saturated heterocycles. The summed E-state index contributed by atoms with van der Waals surface area (Å²) in [4.78, 5) is 42.0. The number of anilines is 1. The number of hydrogen-bond acceptors (Lipinski definition) is 9. The number of aryl methyl sites for hydroxylation is 1. The number of hydrogen-bond donors (Lipinski definition) is 0. The van der Waals surface area contributed by atoms with Gasteiger partial charge >= 0.3 is 0 Å². The second-order valence-corrected chi connectivity index (χ2v) is 10.1. The maximum Gasteiger partial charge on any atom is 0.291 e. The van der Waals surface area contributed by atoms with Crippen molar-refractivity contribution in [2.24, 2.45) is 0 Å². The van der Waals surface area contributed by atoms with Crippen molar-refractivity contribution < 1.29 is 9.53 Å². The number of likely N-dealkylation sites (tertiary alicyclic amines) is 1. The summed E-state index contributed by atoms with van der Waals surface area (Å²) in [5.41, 5.74) is 2.80. The number of likely N-dealkylation sites (N-methyl/N-ethyl adjacent to an activating group) is 1. The number of carbonyl (C=O) groups is 1. The maximum atomic E-state index is 12.9. The average molecular weight is 541 g/mol. The number of carbonyl (C=O) groups excluding carboxylic acids is 1. The van der Waals surface area contributed by atoms with E-state index in [1.165, 1.54) is 0 Å². The summed E-state index contributed by atoms with van der Waals surface area (Å²) in [7, 11) is 3.85. The molecule has 0 unspecified atom stereocenters. The molecule has 5 heterocycles. The van der Waals surface area contributed by atoms with Crippen LogP contribution in [0.25, 0.3) is 11.0 Å². The highest BCUT2D eigenvalue weighted by molar-refractivity contribution is 9.10. The van der Waals surface area contributed by atoms with Crippen LogP contribution >= 0.6 is 15.9 Å². The Morgan fingerprint density at radius 2 is 1.69 bits per heavy atom. The molecule has 0 aromatic carbocycles. The number of piperidine rings is 1. The van der Waals surface area contributed by atoms with Crippen LogP contribution < -0.4 is 4.90 Å². The Labute approximate surface area is 212 Å². The van der Waals surface area contributed by atoms with Gasteiger partial charge in [-0.2, -0.15) is 0 Å². The van der Waals surface area contributed by atoms with E-state index in [2.05, 4.69) is 48.8 Å². The van der Waals surface area contributed by atoms with Gasteiger partial charge in [0.15, 0.2) is 0 Å². The van der Waals surface area contributed by atoms with Gasteiger partial charge in [0.1, 0.15) is 22.6 Å². The Bertz CT molecular complexity index is 1220. The topological polar surface area (TPSA) is 100 Å². The number of methoxy groups -OCH3 is 1. The van der Waals surface area contributed by atoms with Gasteiger partial charge in [0.2, 0.25) is 5.82 Å². The number of piperazine rings is 1. The molecule has 2 aliphatic heterocycles. The van der Waals surface area contributed by atoms with Gasteiger partial charge in [-0.15, -0.1) is 0 Å². The molecule has 0 spiro atoms. The SMILES string of the molecule is COC1(c2nc(C)nc3cc(N4CCN(C)CC4)cnc23)CCN(C(=O)c2ncc(Br)cn2)CC1. The Kier molecular flexibility index (Phi) is 6.65. The smallest absolute Gasteiger partial charge is 0.291 e. The maximum absolute atomic E-state index is 12.9. The molecule has 35 heavy (non-hydrogen) atoms. The first-order chi connectivity index (χ1) is 16.9. The van der Waals surface area contributed by atoms with E-state index in [0.717, 1.165) is 53.1 Å². The standard InChI is InChI=1S/C24H29BrN8O2/c1-16-29-19-12-18(32-10-8-31(2)9-11-32)15-26-20(19)21(30-16)24(35-3)4-6-33(7-5-24)23(34)22-27-13-17(25)14-28-22/h12-15H,4-11H2,1-3H3. The highest BCUT2D eigenvalue weighted by atomic mass is 79.9. The number of aromatic nitrogens is 5. The van der Waals surface area contributed by atoms with Crippen molar-refractivity contribution in [2.75, 3.05) is 58.3 Å². The summed E-state index contributed by atoms with van der Waals surface area (Å²) in [5, 5.41) is 0. The zero-order valence-electron chi connectivity index (χ0n) is 20.2. The lowest BCUT2D eigenvalue weighted by Crippen LogP contribution is -2.47. The van der Waals surface area contributed by atoms with E-state index in [1.807, 2.05) is 13.1 Å². The average Bonchev–Trinajstić information content (AvgIpc) is 2.88. The Balaban J connectivity index is 1.41. The van der Waals surface area contributed by atoms with E-state index in [1.54, 1.807) is 24.4 Å². The molecule has 184 valence electrons. The Morgan fingerprint density at radius 3 is 2.34 bits per heavy atom. The van der Waals surface area contributed by atoms with Crippen molar-refractivity contribution in [2.45, 2.75) is 25.4 Å². The van der Waals surface area contributed by atoms with Crippen molar-refractivity contribution in [1.82, 2.24) is 34.7 Å². The molecule has 0 radical (unpaired) electrons. The van der Waals surface area contributed by atoms with Crippen LogP contribution in [0.3, 0.4) is 0 Å². The fourth-order valence-corrected chi connectivity index (χ4v) is 5.06. The number of fused-ring (bicyclic) bond motifs is 1. The first kappa shape index (κ1) is 24.0. The molecule has 0 bridgehead atoms. The predicted octanol–water partition coefficient (Wildman–Crippen LogP) is 2.42. The minimum atomic E-state index is -0.647. The van der Waals surface area contributed by atoms with Gasteiger partial charge in [-0.25, -0.2) is 19.9 Å². The van der Waals surface area contributed by atoms with E-state index in [9.17, 15) is 4.79 Å². The Morgan fingerprint density at radius 1 is 1.00 bits per heavy atom. The minimum Gasteiger partial charge on any atom is -0.372 e. The molecular weight excluding hydrogens is 512 g/mol. The summed E-state index contributed by atoms with van der Waals surface area (Å²) in [6.45, 7) is 6.91. The molecule has 2 fully saturated rings. The van der Waals surface area contributed by atoms with Gasteiger partial charge in [-0.3, -0.25) is 9.78 Å². The van der Waals surface area contributed by atoms with Crippen molar-refractivity contribution in [3.63, 3.8) is 0 Å². The van der Waals surface area contributed by atoms with Gasteiger partial charge in [0.05, 0.1) is 21.9 Å². The van der Waals surface area contributed by atoms with Crippen molar-refractivity contribution >= 4 is 38.6 Å². The van der Waals surface area contributed by atoms with Gasteiger partial charge in [-0.1, -0.05) is 0 Å². The lowest BCUT2D eigenvalue weighted by molar-refractivity contribution is -0.0597. The second kappa shape index (κ2) is 9.71. The number of rotatable bonds is 4. The van der Waals surface area contributed by atoms with Gasteiger partial charge in [0, 0.05) is 58.8 Å². The van der Waals surface area contributed by atoms with Crippen LogP contribution in [0.15, 0.2) is 29.1 Å². The molecule has 5 rings (SSSR count). The lowest BCUT2D eigenvalue weighted by atomic mass is 9.86. The molecule has 1 amide bonds. The van der Waals surface area contributed by atoms with E-state index >= 15 is 0 Å². The van der Waals surface area contributed by atoms with E-state index in [4.69, 9.17) is 19.7 Å². The zero-order valence-corrected chi connectivity index (χ0v) is 21.8. The van der Waals surface area contributed by atoms with E-state index in [-0.39, 0.29) is 11.7 Å². The summed E-state index contributed by atoms with van der Waals surface area (Å²) in [6.07, 6.45) is 6.28. The zero-order chi connectivity index (χ0) is 24.6. The third kappa shape index (κ3) is 4.72. The van der Waals surface area contributed by atoms with E-state index < -0.39 is 5.60 Å². The molecule has 0 aliphatic carbocycles.